The van der Waals surface area contributed by atoms with Crippen LogP contribution in [-0.4, -0.2) is 55.8 Å². The Bertz CT molecular complexity index is 516. The number of likely N-dealkylation sites (tertiary alicyclic amines) is 1. The Hall–Kier alpha value is -1.53. The lowest BCUT2D eigenvalue weighted by Crippen LogP contribution is -2.29. The Morgan fingerprint density at radius 1 is 1.27 bits per heavy atom. The summed E-state index contributed by atoms with van der Waals surface area (Å²) in [4.78, 5) is 27.0. The zero-order valence-electron chi connectivity index (χ0n) is 12.8. The van der Waals surface area contributed by atoms with Gasteiger partial charge in [-0.25, -0.2) is 0 Å². The number of carbonyl (C=O) groups is 2. The van der Waals surface area contributed by atoms with Crippen LogP contribution in [0.4, 0.5) is 0 Å². The SMILES string of the molecule is COCCNC(=O)c1ccccc1SCC(=O)N1CCCC1. The van der Waals surface area contributed by atoms with Gasteiger partial charge in [0.2, 0.25) is 5.91 Å². The molecule has 1 fully saturated rings. The van der Waals surface area contributed by atoms with Gasteiger partial charge < -0.3 is 15.0 Å². The number of nitrogens with zero attached hydrogens (tertiary/aromatic N) is 1. The van der Waals surface area contributed by atoms with Crippen molar-refractivity contribution in [2.45, 2.75) is 17.7 Å². The van der Waals surface area contributed by atoms with Crippen molar-refractivity contribution < 1.29 is 14.3 Å². The maximum absolute atomic E-state index is 12.2. The number of ether oxygens (including phenoxy) is 1. The van der Waals surface area contributed by atoms with Crippen LogP contribution in [0.5, 0.6) is 0 Å². The molecule has 0 spiro atoms. The van der Waals surface area contributed by atoms with Crippen molar-refractivity contribution in [2.24, 2.45) is 0 Å². The van der Waals surface area contributed by atoms with Crippen LogP contribution >= 0.6 is 11.8 Å². The highest BCUT2D eigenvalue weighted by Crippen LogP contribution is 2.23. The zero-order chi connectivity index (χ0) is 15.8. The van der Waals surface area contributed by atoms with Crippen molar-refractivity contribution in [2.75, 3.05) is 39.1 Å². The summed E-state index contributed by atoms with van der Waals surface area (Å²) in [6.45, 7) is 2.67. The maximum Gasteiger partial charge on any atom is 0.252 e. The van der Waals surface area contributed by atoms with Gasteiger partial charge in [0, 0.05) is 31.6 Å². The Morgan fingerprint density at radius 2 is 2.00 bits per heavy atom. The van der Waals surface area contributed by atoms with Crippen LogP contribution < -0.4 is 5.32 Å². The lowest BCUT2D eigenvalue weighted by Gasteiger charge is -2.15. The lowest BCUT2D eigenvalue weighted by molar-refractivity contribution is -0.127. The molecule has 5 nitrogen and oxygen atoms in total. The fourth-order valence-electron chi connectivity index (χ4n) is 2.34. The third-order valence-electron chi connectivity index (χ3n) is 3.53. The van der Waals surface area contributed by atoms with E-state index in [4.69, 9.17) is 4.74 Å². The summed E-state index contributed by atoms with van der Waals surface area (Å²) in [7, 11) is 1.60. The standard InChI is InChI=1S/C16H22N2O3S/c1-21-11-8-17-16(20)13-6-2-3-7-14(13)22-12-15(19)18-9-4-5-10-18/h2-3,6-7H,4-5,8-12H2,1H3,(H,17,20). The third kappa shape index (κ3) is 4.74. The molecule has 22 heavy (non-hydrogen) atoms. The van der Waals surface area contributed by atoms with Crippen molar-refractivity contribution in [3.8, 4) is 0 Å². The van der Waals surface area contributed by atoms with Gasteiger partial charge in [-0.3, -0.25) is 9.59 Å². The number of carbonyl (C=O) groups excluding carboxylic acids is 2. The minimum atomic E-state index is -0.131. The Labute approximate surface area is 135 Å². The molecule has 2 rings (SSSR count). The van der Waals surface area contributed by atoms with E-state index in [2.05, 4.69) is 5.32 Å². The molecule has 1 aromatic carbocycles. The van der Waals surface area contributed by atoms with E-state index in [9.17, 15) is 9.59 Å². The number of amides is 2. The van der Waals surface area contributed by atoms with E-state index in [1.807, 2.05) is 23.1 Å². The molecule has 1 N–H and O–H groups in total. The number of rotatable bonds is 7. The normalized spacial score (nSPS) is 14.1. The number of methoxy groups -OCH3 is 1. The van der Waals surface area contributed by atoms with E-state index in [1.54, 1.807) is 13.2 Å². The summed E-state index contributed by atoms with van der Waals surface area (Å²) in [6.07, 6.45) is 2.18. The molecular weight excluding hydrogens is 300 g/mol. The largest absolute Gasteiger partial charge is 0.383 e. The molecule has 0 unspecified atom stereocenters. The van der Waals surface area contributed by atoms with Crippen LogP contribution in [0, 0.1) is 0 Å². The van der Waals surface area contributed by atoms with Gasteiger partial charge in [0.1, 0.15) is 0 Å². The van der Waals surface area contributed by atoms with Gasteiger partial charge in [0.05, 0.1) is 17.9 Å². The summed E-state index contributed by atoms with van der Waals surface area (Å²) < 4.78 is 4.92. The molecule has 1 aromatic rings. The molecular formula is C16H22N2O3S. The van der Waals surface area contributed by atoms with Crippen LogP contribution in [0.15, 0.2) is 29.2 Å². The Balaban J connectivity index is 1.92. The highest BCUT2D eigenvalue weighted by atomic mass is 32.2. The fraction of sp³-hybridized carbons (Fsp3) is 0.500. The van der Waals surface area contributed by atoms with Gasteiger partial charge in [0.15, 0.2) is 0 Å². The monoisotopic (exact) mass is 322 g/mol. The molecule has 6 heteroatoms. The second kappa shape index (κ2) is 8.80. The van der Waals surface area contributed by atoms with E-state index in [-0.39, 0.29) is 11.8 Å². The molecule has 1 aliphatic rings. The summed E-state index contributed by atoms with van der Waals surface area (Å²) in [5.41, 5.74) is 0.609. The molecule has 0 saturated carbocycles. The maximum atomic E-state index is 12.2. The lowest BCUT2D eigenvalue weighted by atomic mass is 10.2. The Kier molecular flexibility index (Phi) is 6.74. The van der Waals surface area contributed by atoms with Gasteiger partial charge in [-0.2, -0.15) is 0 Å². The van der Waals surface area contributed by atoms with Crippen LogP contribution in [0.25, 0.3) is 0 Å². The van der Waals surface area contributed by atoms with E-state index in [0.29, 0.717) is 24.5 Å². The number of benzene rings is 1. The summed E-state index contributed by atoms with van der Waals surface area (Å²) in [5.74, 6) is 0.397. The number of hydrogen-bond acceptors (Lipinski definition) is 4. The molecule has 0 aromatic heterocycles. The topological polar surface area (TPSA) is 58.6 Å². The highest BCUT2D eigenvalue weighted by molar-refractivity contribution is 8.00. The molecule has 2 amide bonds. The predicted molar refractivity (Wildman–Crippen MR) is 87.2 cm³/mol. The van der Waals surface area contributed by atoms with Crippen LogP contribution in [0.2, 0.25) is 0 Å². The summed E-state index contributed by atoms with van der Waals surface area (Å²) in [5, 5.41) is 2.81. The molecule has 1 heterocycles. The van der Waals surface area contributed by atoms with Crippen molar-refractivity contribution in [1.82, 2.24) is 10.2 Å². The first kappa shape index (κ1) is 16.8. The highest BCUT2D eigenvalue weighted by Gasteiger charge is 2.19. The molecule has 0 atom stereocenters. The van der Waals surface area contributed by atoms with Crippen molar-refractivity contribution in [1.29, 1.82) is 0 Å². The molecule has 1 aliphatic heterocycles. The first-order chi connectivity index (χ1) is 10.7. The van der Waals surface area contributed by atoms with Crippen LogP contribution in [0.3, 0.4) is 0 Å². The zero-order valence-corrected chi connectivity index (χ0v) is 13.7. The predicted octanol–water partition coefficient (Wildman–Crippen LogP) is 1.78. The molecule has 0 aliphatic carbocycles. The third-order valence-corrected chi connectivity index (χ3v) is 4.59. The van der Waals surface area contributed by atoms with E-state index in [0.717, 1.165) is 30.8 Å². The summed E-state index contributed by atoms with van der Waals surface area (Å²) >= 11 is 1.43. The second-order valence-corrected chi connectivity index (χ2v) is 6.14. The van der Waals surface area contributed by atoms with Crippen LogP contribution in [-0.2, 0) is 9.53 Å². The average molecular weight is 322 g/mol. The minimum Gasteiger partial charge on any atom is -0.383 e. The number of thioether (sulfide) groups is 1. The van der Waals surface area contributed by atoms with Gasteiger partial charge in [0.25, 0.3) is 5.91 Å². The van der Waals surface area contributed by atoms with Crippen molar-refractivity contribution >= 4 is 23.6 Å². The fourth-order valence-corrected chi connectivity index (χ4v) is 3.29. The minimum absolute atomic E-state index is 0.131. The van der Waals surface area contributed by atoms with E-state index in [1.165, 1.54) is 11.8 Å². The summed E-state index contributed by atoms with van der Waals surface area (Å²) in [6, 6.07) is 7.38. The van der Waals surface area contributed by atoms with Gasteiger partial charge >= 0.3 is 0 Å². The van der Waals surface area contributed by atoms with E-state index >= 15 is 0 Å². The smallest absolute Gasteiger partial charge is 0.252 e. The molecule has 1 saturated heterocycles. The van der Waals surface area contributed by atoms with E-state index < -0.39 is 0 Å². The molecule has 0 bridgehead atoms. The van der Waals surface area contributed by atoms with Gasteiger partial charge in [-0.1, -0.05) is 12.1 Å². The number of hydrogen-bond donors (Lipinski definition) is 1. The van der Waals surface area contributed by atoms with Crippen molar-refractivity contribution in [3.63, 3.8) is 0 Å². The number of nitrogens with one attached hydrogen (secondary N) is 1. The Morgan fingerprint density at radius 3 is 2.73 bits per heavy atom. The van der Waals surface area contributed by atoms with Gasteiger partial charge in [-0.15, -0.1) is 11.8 Å². The van der Waals surface area contributed by atoms with Gasteiger partial charge in [-0.05, 0) is 25.0 Å². The van der Waals surface area contributed by atoms with Crippen LogP contribution in [0.1, 0.15) is 23.2 Å². The quantitative estimate of drug-likeness (QED) is 0.614. The second-order valence-electron chi connectivity index (χ2n) is 5.12. The molecule has 0 radical (unpaired) electrons. The first-order valence-electron chi connectivity index (χ1n) is 7.49. The first-order valence-corrected chi connectivity index (χ1v) is 8.47. The molecule has 120 valence electrons. The average Bonchev–Trinajstić information content (AvgIpc) is 3.07. The van der Waals surface area contributed by atoms with Crippen molar-refractivity contribution in [3.05, 3.63) is 29.8 Å².